The third kappa shape index (κ3) is 0.887. The fraction of sp³-hybridized carbons (Fsp3) is 0.250. The van der Waals surface area contributed by atoms with Gasteiger partial charge < -0.3 is 5.73 Å². The third-order valence-corrected chi connectivity index (χ3v) is 1.95. The van der Waals surface area contributed by atoms with Crippen LogP contribution in [-0.2, 0) is 13.6 Å². The van der Waals surface area contributed by atoms with Gasteiger partial charge in [0.1, 0.15) is 5.52 Å². The maximum absolute atomic E-state index is 5.55. The van der Waals surface area contributed by atoms with Gasteiger partial charge in [-0.2, -0.15) is 0 Å². The fourth-order valence-electron chi connectivity index (χ4n) is 1.28. The largest absolute Gasteiger partial charge is 0.326 e. The number of aryl methyl sites for hydroxylation is 1. The molecule has 12 heavy (non-hydrogen) atoms. The van der Waals surface area contributed by atoms with E-state index >= 15 is 0 Å². The molecule has 0 saturated heterocycles. The predicted molar refractivity (Wildman–Crippen MR) is 46.4 cm³/mol. The van der Waals surface area contributed by atoms with E-state index in [9.17, 15) is 0 Å². The highest BCUT2D eigenvalue weighted by molar-refractivity contribution is 5.77. The molecule has 62 valence electrons. The summed E-state index contributed by atoms with van der Waals surface area (Å²) in [5, 5.41) is 7.94. The van der Waals surface area contributed by atoms with Crippen molar-refractivity contribution in [1.29, 1.82) is 0 Å². The van der Waals surface area contributed by atoms with Crippen molar-refractivity contribution in [3.63, 3.8) is 0 Å². The van der Waals surface area contributed by atoms with Crippen LogP contribution < -0.4 is 5.73 Å². The Bertz CT molecular complexity index is 404. The summed E-state index contributed by atoms with van der Waals surface area (Å²) in [5.41, 5.74) is 8.52. The molecule has 4 nitrogen and oxygen atoms in total. The molecule has 0 spiro atoms. The highest BCUT2D eigenvalue weighted by atomic mass is 15.4. The molecule has 0 amide bonds. The van der Waals surface area contributed by atoms with Crippen molar-refractivity contribution in [2.24, 2.45) is 12.8 Å². The van der Waals surface area contributed by atoms with E-state index in [2.05, 4.69) is 10.3 Å². The van der Waals surface area contributed by atoms with Gasteiger partial charge >= 0.3 is 0 Å². The molecule has 2 aromatic rings. The molecule has 1 heterocycles. The van der Waals surface area contributed by atoms with Crippen LogP contribution in [0.25, 0.3) is 11.0 Å². The minimum Gasteiger partial charge on any atom is -0.326 e. The lowest BCUT2D eigenvalue weighted by atomic mass is 10.2. The fourth-order valence-corrected chi connectivity index (χ4v) is 1.28. The SMILES string of the molecule is Cn1nnc2c(CN)cccc21. The Balaban J connectivity index is 2.81. The van der Waals surface area contributed by atoms with E-state index in [1.807, 2.05) is 25.2 Å². The first-order chi connectivity index (χ1) is 5.83. The zero-order valence-corrected chi connectivity index (χ0v) is 6.86. The summed E-state index contributed by atoms with van der Waals surface area (Å²) >= 11 is 0. The topological polar surface area (TPSA) is 56.7 Å². The Labute approximate surface area is 70.0 Å². The van der Waals surface area contributed by atoms with Gasteiger partial charge in [-0.15, -0.1) is 5.10 Å². The Morgan fingerprint density at radius 3 is 3.08 bits per heavy atom. The first kappa shape index (κ1) is 7.24. The summed E-state index contributed by atoms with van der Waals surface area (Å²) < 4.78 is 1.74. The van der Waals surface area contributed by atoms with Crippen LogP contribution in [0.4, 0.5) is 0 Å². The highest BCUT2D eigenvalue weighted by Crippen LogP contribution is 2.13. The van der Waals surface area contributed by atoms with Crippen molar-refractivity contribution in [3.05, 3.63) is 23.8 Å². The molecule has 4 heteroatoms. The lowest BCUT2D eigenvalue weighted by Crippen LogP contribution is -1.97. The molecule has 0 bridgehead atoms. The minimum atomic E-state index is 0.510. The van der Waals surface area contributed by atoms with Crippen LogP contribution in [-0.4, -0.2) is 15.0 Å². The normalized spacial score (nSPS) is 10.8. The van der Waals surface area contributed by atoms with E-state index in [0.29, 0.717) is 6.54 Å². The highest BCUT2D eigenvalue weighted by Gasteiger charge is 2.03. The van der Waals surface area contributed by atoms with Crippen LogP contribution in [0.15, 0.2) is 18.2 Å². The Hall–Kier alpha value is -1.42. The smallest absolute Gasteiger partial charge is 0.117 e. The Morgan fingerprint density at radius 2 is 2.33 bits per heavy atom. The minimum absolute atomic E-state index is 0.510. The Morgan fingerprint density at radius 1 is 1.50 bits per heavy atom. The lowest BCUT2D eigenvalue weighted by Gasteiger charge is -1.96. The molecule has 0 atom stereocenters. The van der Waals surface area contributed by atoms with Crippen LogP contribution in [0.5, 0.6) is 0 Å². The standard InChI is InChI=1S/C8H10N4/c1-12-7-4-2-3-6(5-9)8(7)10-11-12/h2-4H,5,9H2,1H3. The molecule has 0 aliphatic carbocycles. The zero-order chi connectivity index (χ0) is 8.55. The van der Waals surface area contributed by atoms with Crippen LogP contribution >= 0.6 is 0 Å². The number of aromatic nitrogens is 3. The van der Waals surface area contributed by atoms with Crippen LogP contribution in [0, 0.1) is 0 Å². The van der Waals surface area contributed by atoms with Gasteiger partial charge in [-0.25, -0.2) is 4.68 Å². The average molecular weight is 162 g/mol. The van der Waals surface area contributed by atoms with Gasteiger partial charge in [0.15, 0.2) is 0 Å². The van der Waals surface area contributed by atoms with Gasteiger partial charge in [-0.3, -0.25) is 0 Å². The van der Waals surface area contributed by atoms with Crippen molar-refractivity contribution < 1.29 is 0 Å². The number of nitrogens with two attached hydrogens (primary N) is 1. The summed E-state index contributed by atoms with van der Waals surface area (Å²) in [5.74, 6) is 0. The molecule has 0 unspecified atom stereocenters. The van der Waals surface area contributed by atoms with Crippen LogP contribution in [0.1, 0.15) is 5.56 Å². The van der Waals surface area contributed by atoms with Gasteiger partial charge in [0.25, 0.3) is 0 Å². The zero-order valence-electron chi connectivity index (χ0n) is 6.86. The van der Waals surface area contributed by atoms with E-state index < -0.39 is 0 Å². The molecule has 1 aromatic heterocycles. The van der Waals surface area contributed by atoms with Crippen molar-refractivity contribution in [2.45, 2.75) is 6.54 Å². The number of nitrogens with zero attached hydrogens (tertiary/aromatic N) is 3. The molecular weight excluding hydrogens is 152 g/mol. The van der Waals surface area contributed by atoms with E-state index in [4.69, 9.17) is 5.73 Å². The third-order valence-electron chi connectivity index (χ3n) is 1.95. The monoisotopic (exact) mass is 162 g/mol. The second-order valence-corrected chi connectivity index (χ2v) is 2.70. The molecule has 2 rings (SSSR count). The van der Waals surface area contributed by atoms with Crippen molar-refractivity contribution >= 4 is 11.0 Å². The number of hydrogen-bond donors (Lipinski definition) is 1. The first-order valence-electron chi connectivity index (χ1n) is 3.80. The molecule has 0 aliphatic heterocycles. The number of rotatable bonds is 1. The summed E-state index contributed by atoms with van der Waals surface area (Å²) in [4.78, 5) is 0. The molecule has 1 aromatic carbocycles. The van der Waals surface area contributed by atoms with E-state index in [0.717, 1.165) is 16.6 Å². The number of benzene rings is 1. The summed E-state index contributed by atoms with van der Waals surface area (Å²) in [6, 6.07) is 5.92. The Kier molecular flexibility index (Phi) is 1.55. The van der Waals surface area contributed by atoms with Crippen LogP contribution in [0.2, 0.25) is 0 Å². The molecule has 0 fully saturated rings. The molecule has 0 saturated carbocycles. The average Bonchev–Trinajstić information content (AvgIpc) is 2.48. The van der Waals surface area contributed by atoms with Gasteiger partial charge in [-0.1, -0.05) is 17.3 Å². The second kappa shape index (κ2) is 2.57. The summed E-state index contributed by atoms with van der Waals surface area (Å²) in [7, 11) is 1.87. The first-order valence-corrected chi connectivity index (χ1v) is 3.80. The van der Waals surface area contributed by atoms with Gasteiger partial charge in [0.2, 0.25) is 0 Å². The van der Waals surface area contributed by atoms with Crippen molar-refractivity contribution in [3.8, 4) is 0 Å². The van der Waals surface area contributed by atoms with Gasteiger partial charge in [-0.05, 0) is 11.6 Å². The molecule has 2 N–H and O–H groups in total. The van der Waals surface area contributed by atoms with E-state index in [-0.39, 0.29) is 0 Å². The second-order valence-electron chi connectivity index (χ2n) is 2.70. The lowest BCUT2D eigenvalue weighted by molar-refractivity contribution is 0.736. The van der Waals surface area contributed by atoms with E-state index in [1.54, 1.807) is 4.68 Å². The van der Waals surface area contributed by atoms with Gasteiger partial charge in [0, 0.05) is 13.6 Å². The number of hydrogen-bond acceptors (Lipinski definition) is 3. The van der Waals surface area contributed by atoms with Crippen LogP contribution in [0.3, 0.4) is 0 Å². The summed E-state index contributed by atoms with van der Waals surface area (Å²) in [6.45, 7) is 0.510. The molecular formula is C8H10N4. The predicted octanol–water partition coefficient (Wildman–Crippen LogP) is 0.427. The van der Waals surface area contributed by atoms with Crippen molar-refractivity contribution in [1.82, 2.24) is 15.0 Å². The van der Waals surface area contributed by atoms with Gasteiger partial charge in [0.05, 0.1) is 5.52 Å². The maximum Gasteiger partial charge on any atom is 0.117 e. The molecule has 0 radical (unpaired) electrons. The maximum atomic E-state index is 5.55. The van der Waals surface area contributed by atoms with E-state index in [1.165, 1.54) is 0 Å². The quantitative estimate of drug-likeness (QED) is 0.661. The summed E-state index contributed by atoms with van der Waals surface area (Å²) in [6.07, 6.45) is 0. The molecule has 0 aliphatic rings. The van der Waals surface area contributed by atoms with Crippen molar-refractivity contribution in [2.75, 3.05) is 0 Å². The number of fused-ring (bicyclic) bond motifs is 1.